The summed E-state index contributed by atoms with van der Waals surface area (Å²) in [6.45, 7) is 4.20. The molecule has 0 amide bonds. The smallest absolute Gasteiger partial charge is 0.134 e. The van der Waals surface area contributed by atoms with Gasteiger partial charge in [-0.15, -0.1) is 0 Å². The number of benzene rings is 1. The Morgan fingerprint density at radius 1 is 1.25 bits per heavy atom. The van der Waals surface area contributed by atoms with Gasteiger partial charge in [-0.3, -0.25) is 0 Å². The fourth-order valence-electron chi connectivity index (χ4n) is 1.88. The molecule has 1 aromatic carbocycles. The lowest BCUT2D eigenvalue weighted by Crippen LogP contribution is -3.00. The molecule has 0 aliphatic carbocycles. The maximum absolute atomic E-state index is 6.12. The summed E-state index contributed by atoms with van der Waals surface area (Å²) in [5, 5.41) is 4.01. The average Bonchev–Trinajstić information content (AvgIpc) is 2.87. The number of halogens is 2. The molecule has 0 unspecified atom stereocenters. The summed E-state index contributed by atoms with van der Waals surface area (Å²) in [5.74, 6) is 1.76. The highest BCUT2D eigenvalue weighted by Crippen LogP contribution is 2.29. The summed E-state index contributed by atoms with van der Waals surface area (Å²) in [6.07, 6.45) is 0. The predicted octanol–water partition coefficient (Wildman–Crippen LogP) is 0.648. The fourth-order valence-corrected chi connectivity index (χ4v) is 2.05. The molecule has 1 aromatic heterocycles. The zero-order valence-electron chi connectivity index (χ0n) is 11.6. The maximum Gasteiger partial charge on any atom is 0.134 e. The van der Waals surface area contributed by atoms with E-state index in [2.05, 4.69) is 5.32 Å². The first-order chi connectivity index (χ1) is 9.22. The predicted molar refractivity (Wildman–Crippen MR) is 77.5 cm³/mol. The van der Waals surface area contributed by atoms with Gasteiger partial charge < -0.3 is 26.9 Å². The Morgan fingerprint density at radius 2 is 2.05 bits per heavy atom. The van der Waals surface area contributed by atoms with E-state index in [4.69, 9.17) is 20.8 Å². The Morgan fingerprint density at radius 3 is 2.80 bits per heavy atom. The van der Waals surface area contributed by atoms with Gasteiger partial charge in [-0.25, -0.2) is 0 Å². The van der Waals surface area contributed by atoms with Crippen LogP contribution in [0, 0.1) is 6.92 Å². The van der Waals surface area contributed by atoms with E-state index in [0.29, 0.717) is 13.2 Å². The Labute approximate surface area is 130 Å². The second-order valence-electron chi connectivity index (χ2n) is 4.35. The third-order valence-electron chi connectivity index (χ3n) is 2.98. The fraction of sp³-hybridized carbons (Fsp3) is 0.333. The third-order valence-corrected chi connectivity index (χ3v) is 3.39. The Bertz CT molecular complexity index is 540. The van der Waals surface area contributed by atoms with Crippen LogP contribution in [0.1, 0.15) is 11.3 Å². The standard InChI is InChI=1S/C15H18ClNO2.ClH/c1-11-13(4-3-5-14(11)16)15-7-6-12(19-15)10-17-8-9-18-2;/h3-7,17H,8-10H2,1-2H3;1H/p-1. The second-order valence-corrected chi connectivity index (χ2v) is 4.76. The van der Waals surface area contributed by atoms with Crippen LogP contribution in [-0.2, 0) is 11.3 Å². The summed E-state index contributed by atoms with van der Waals surface area (Å²) in [4.78, 5) is 0. The summed E-state index contributed by atoms with van der Waals surface area (Å²) < 4.78 is 10.8. The molecule has 0 radical (unpaired) electrons. The van der Waals surface area contributed by atoms with Crippen LogP contribution in [0.15, 0.2) is 34.7 Å². The molecule has 2 rings (SSSR count). The average molecular weight is 315 g/mol. The monoisotopic (exact) mass is 314 g/mol. The summed E-state index contributed by atoms with van der Waals surface area (Å²) in [6, 6.07) is 9.80. The van der Waals surface area contributed by atoms with Gasteiger partial charge in [0.05, 0.1) is 13.2 Å². The second kappa shape index (κ2) is 8.32. The quantitative estimate of drug-likeness (QED) is 0.795. The van der Waals surface area contributed by atoms with Crippen LogP contribution in [0.4, 0.5) is 0 Å². The molecule has 110 valence electrons. The molecular weight excluding hydrogens is 297 g/mol. The zero-order chi connectivity index (χ0) is 13.7. The summed E-state index contributed by atoms with van der Waals surface area (Å²) in [7, 11) is 1.69. The highest BCUT2D eigenvalue weighted by Gasteiger charge is 2.09. The van der Waals surface area contributed by atoms with E-state index in [0.717, 1.165) is 34.2 Å². The molecule has 1 heterocycles. The number of hydrogen-bond acceptors (Lipinski definition) is 3. The molecule has 0 aliphatic heterocycles. The van der Waals surface area contributed by atoms with Crippen LogP contribution < -0.4 is 17.7 Å². The number of methoxy groups -OCH3 is 1. The van der Waals surface area contributed by atoms with Crippen LogP contribution in [0.5, 0.6) is 0 Å². The highest BCUT2D eigenvalue weighted by molar-refractivity contribution is 6.31. The van der Waals surface area contributed by atoms with Gasteiger partial charge in [0.1, 0.15) is 11.5 Å². The minimum absolute atomic E-state index is 0. The first-order valence-corrected chi connectivity index (χ1v) is 6.64. The first-order valence-electron chi connectivity index (χ1n) is 6.26. The third kappa shape index (κ3) is 4.25. The molecule has 20 heavy (non-hydrogen) atoms. The lowest BCUT2D eigenvalue weighted by Gasteiger charge is -2.04. The van der Waals surface area contributed by atoms with Gasteiger partial charge in [-0.1, -0.05) is 23.7 Å². The van der Waals surface area contributed by atoms with Crippen molar-refractivity contribution in [2.24, 2.45) is 0 Å². The van der Waals surface area contributed by atoms with Crippen LogP contribution >= 0.6 is 11.6 Å². The van der Waals surface area contributed by atoms with E-state index in [1.165, 1.54) is 0 Å². The highest BCUT2D eigenvalue weighted by atomic mass is 35.5. The van der Waals surface area contributed by atoms with Crippen molar-refractivity contribution in [3.63, 3.8) is 0 Å². The van der Waals surface area contributed by atoms with Crippen molar-refractivity contribution in [1.29, 1.82) is 0 Å². The maximum atomic E-state index is 6.12. The molecule has 0 saturated heterocycles. The molecule has 1 N–H and O–H groups in total. The molecule has 0 bridgehead atoms. The normalized spacial score (nSPS) is 10.3. The first kappa shape index (κ1) is 17.1. The van der Waals surface area contributed by atoms with Crippen molar-refractivity contribution in [3.05, 3.63) is 46.7 Å². The van der Waals surface area contributed by atoms with Gasteiger partial charge in [0.15, 0.2) is 0 Å². The van der Waals surface area contributed by atoms with Gasteiger partial charge in [0.2, 0.25) is 0 Å². The van der Waals surface area contributed by atoms with Gasteiger partial charge in [-0.05, 0) is 30.7 Å². The SMILES string of the molecule is COCCNCc1ccc(-c2cccc(Cl)c2C)o1.[Cl-]. The zero-order valence-corrected chi connectivity index (χ0v) is 13.1. The lowest BCUT2D eigenvalue weighted by molar-refractivity contribution is -0.00000479. The van der Waals surface area contributed by atoms with E-state index in [1.54, 1.807) is 7.11 Å². The van der Waals surface area contributed by atoms with E-state index in [1.807, 2.05) is 37.3 Å². The van der Waals surface area contributed by atoms with Crippen molar-refractivity contribution in [1.82, 2.24) is 5.32 Å². The Balaban J connectivity index is 0.00000200. The molecule has 0 aliphatic rings. The number of hydrogen-bond donors (Lipinski definition) is 1. The van der Waals surface area contributed by atoms with Crippen molar-refractivity contribution in [2.45, 2.75) is 13.5 Å². The molecule has 0 atom stereocenters. The van der Waals surface area contributed by atoms with Crippen molar-refractivity contribution in [2.75, 3.05) is 20.3 Å². The van der Waals surface area contributed by atoms with Crippen LogP contribution in [0.25, 0.3) is 11.3 Å². The molecule has 2 aromatic rings. The Hall–Kier alpha value is -1.000. The van der Waals surface area contributed by atoms with Crippen LogP contribution in [0.2, 0.25) is 5.02 Å². The van der Waals surface area contributed by atoms with E-state index >= 15 is 0 Å². The Kier molecular flexibility index (Phi) is 7.10. The molecule has 3 nitrogen and oxygen atoms in total. The van der Waals surface area contributed by atoms with Gasteiger partial charge >= 0.3 is 0 Å². The minimum atomic E-state index is 0. The van der Waals surface area contributed by atoms with Crippen molar-refractivity contribution < 1.29 is 21.6 Å². The lowest BCUT2D eigenvalue weighted by atomic mass is 10.1. The molecule has 0 fully saturated rings. The number of rotatable bonds is 6. The number of furan rings is 1. The van der Waals surface area contributed by atoms with E-state index in [9.17, 15) is 0 Å². The van der Waals surface area contributed by atoms with E-state index in [-0.39, 0.29) is 12.4 Å². The van der Waals surface area contributed by atoms with Crippen LogP contribution in [0.3, 0.4) is 0 Å². The molecular formula is C15H18Cl2NO2-. The van der Waals surface area contributed by atoms with E-state index < -0.39 is 0 Å². The van der Waals surface area contributed by atoms with Gasteiger partial charge in [-0.2, -0.15) is 0 Å². The topological polar surface area (TPSA) is 34.4 Å². The molecule has 0 spiro atoms. The summed E-state index contributed by atoms with van der Waals surface area (Å²) in [5.41, 5.74) is 2.08. The van der Waals surface area contributed by atoms with Gasteiger partial charge in [0.25, 0.3) is 0 Å². The van der Waals surface area contributed by atoms with Gasteiger partial charge in [0, 0.05) is 24.2 Å². The minimum Gasteiger partial charge on any atom is -1.00 e. The van der Waals surface area contributed by atoms with Crippen molar-refractivity contribution in [3.8, 4) is 11.3 Å². The van der Waals surface area contributed by atoms with Crippen molar-refractivity contribution >= 4 is 11.6 Å². The largest absolute Gasteiger partial charge is 1.00 e. The molecule has 0 saturated carbocycles. The molecule has 5 heteroatoms. The van der Waals surface area contributed by atoms with Crippen LogP contribution in [-0.4, -0.2) is 20.3 Å². The number of nitrogens with one attached hydrogen (secondary N) is 1. The summed E-state index contributed by atoms with van der Waals surface area (Å²) >= 11 is 6.12. The number of ether oxygens (including phenoxy) is 1.